The first-order valence-corrected chi connectivity index (χ1v) is 8.71. The van der Waals surface area contributed by atoms with Crippen LogP contribution in [0.4, 0.5) is 13.2 Å². The van der Waals surface area contributed by atoms with Crippen molar-refractivity contribution in [3.63, 3.8) is 0 Å². The molecule has 2 fully saturated rings. The standard InChI is InChI=1S/C16H20BrF3N2O.2ClH/c17-12-3-4-15(23-16(18,19)20)13(10-12)14(9-11-1-2-11)22-7-5-21-6-8-22;;/h3-4,10-11,14,21H,1-2,5-9H2;2*1H/t14-;;/m1../s1. The van der Waals surface area contributed by atoms with Crippen LogP contribution in [-0.2, 0) is 0 Å². The molecule has 1 saturated heterocycles. The fourth-order valence-corrected chi connectivity index (χ4v) is 3.51. The summed E-state index contributed by atoms with van der Waals surface area (Å²) in [7, 11) is 0. The normalized spacial score (nSPS) is 19.5. The van der Waals surface area contributed by atoms with Crippen LogP contribution in [-0.4, -0.2) is 37.4 Å². The van der Waals surface area contributed by atoms with E-state index in [9.17, 15) is 13.2 Å². The van der Waals surface area contributed by atoms with Crippen LogP contribution in [0.5, 0.6) is 5.75 Å². The Morgan fingerprint density at radius 3 is 2.40 bits per heavy atom. The van der Waals surface area contributed by atoms with E-state index in [0.29, 0.717) is 11.5 Å². The minimum Gasteiger partial charge on any atom is -0.405 e. The Kier molecular flexibility index (Phi) is 8.81. The maximum atomic E-state index is 12.7. The number of halogens is 6. The molecule has 0 radical (unpaired) electrons. The fourth-order valence-electron chi connectivity index (χ4n) is 3.13. The third kappa shape index (κ3) is 6.79. The SMILES string of the molecule is Cl.Cl.FC(F)(F)Oc1ccc(Br)cc1[C@@H](CC1CC1)N1CCNCC1. The van der Waals surface area contributed by atoms with Crippen LogP contribution >= 0.6 is 40.7 Å². The molecule has 1 atom stereocenters. The van der Waals surface area contributed by atoms with Gasteiger partial charge >= 0.3 is 6.36 Å². The topological polar surface area (TPSA) is 24.5 Å². The monoisotopic (exact) mass is 464 g/mol. The minimum absolute atomic E-state index is 0. The van der Waals surface area contributed by atoms with Gasteiger partial charge in [-0.1, -0.05) is 28.8 Å². The Bertz CT molecular complexity index is 553. The zero-order chi connectivity index (χ0) is 16.4. The highest BCUT2D eigenvalue weighted by molar-refractivity contribution is 9.10. The van der Waals surface area contributed by atoms with Gasteiger partial charge in [0.2, 0.25) is 0 Å². The summed E-state index contributed by atoms with van der Waals surface area (Å²) in [5, 5.41) is 3.29. The van der Waals surface area contributed by atoms with E-state index in [0.717, 1.165) is 37.1 Å². The zero-order valence-electron chi connectivity index (χ0n) is 13.5. The number of alkyl halides is 3. The quantitative estimate of drug-likeness (QED) is 0.666. The van der Waals surface area contributed by atoms with Crippen molar-refractivity contribution in [1.82, 2.24) is 10.2 Å². The van der Waals surface area contributed by atoms with Crippen LogP contribution in [0.25, 0.3) is 0 Å². The Balaban J connectivity index is 0.00000156. The average molecular weight is 466 g/mol. The Morgan fingerprint density at radius 2 is 1.84 bits per heavy atom. The molecule has 0 amide bonds. The van der Waals surface area contributed by atoms with Crippen molar-refractivity contribution in [2.75, 3.05) is 26.2 Å². The summed E-state index contributed by atoms with van der Waals surface area (Å²) in [5.74, 6) is 0.539. The first-order chi connectivity index (χ1) is 10.9. The molecule has 1 N–H and O–H groups in total. The largest absolute Gasteiger partial charge is 0.573 e. The van der Waals surface area contributed by atoms with Gasteiger partial charge in [-0.2, -0.15) is 0 Å². The average Bonchev–Trinajstić information content (AvgIpc) is 3.30. The molecule has 2 aliphatic rings. The minimum atomic E-state index is -4.67. The molecule has 3 rings (SSSR count). The Hall–Kier alpha value is -0.210. The van der Waals surface area contributed by atoms with Gasteiger partial charge in [-0.15, -0.1) is 38.0 Å². The predicted octanol–water partition coefficient (Wildman–Crippen LogP) is 4.94. The molecule has 144 valence electrons. The molecule has 1 aromatic carbocycles. The molecular weight excluding hydrogens is 444 g/mol. The lowest BCUT2D eigenvalue weighted by Crippen LogP contribution is -2.45. The number of benzene rings is 1. The summed E-state index contributed by atoms with van der Waals surface area (Å²) in [4.78, 5) is 2.28. The summed E-state index contributed by atoms with van der Waals surface area (Å²) in [5.41, 5.74) is 0.630. The molecule has 0 unspecified atom stereocenters. The van der Waals surface area contributed by atoms with Crippen molar-refractivity contribution in [1.29, 1.82) is 0 Å². The third-order valence-electron chi connectivity index (χ3n) is 4.40. The molecule has 1 heterocycles. The number of piperazine rings is 1. The Morgan fingerprint density at radius 1 is 1.20 bits per heavy atom. The number of nitrogens with one attached hydrogen (secondary N) is 1. The van der Waals surface area contributed by atoms with Gasteiger partial charge in [0.1, 0.15) is 5.75 Å². The maximum Gasteiger partial charge on any atom is 0.573 e. The van der Waals surface area contributed by atoms with E-state index >= 15 is 0 Å². The number of hydrogen-bond acceptors (Lipinski definition) is 3. The third-order valence-corrected chi connectivity index (χ3v) is 4.90. The van der Waals surface area contributed by atoms with Gasteiger partial charge in [-0.25, -0.2) is 0 Å². The summed E-state index contributed by atoms with van der Waals surface area (Å²) in [6, 6.07) is 4.75. The smallest absolute Gasteiger partial charge is 0.405 e. The van der Waals surface area contributed by atoms with Crippen LogP contribution in [0.15, 0.2) is 22.7 Å². The summed E-state index contributed by atoms with van der Waals surface area (Å²) in [6.07, 6.45) is -1.43. The van der Waals surface area contributed by atoms with Crippen LogP contribution in [0, 0.1) is 5.92 Å². The van der Waals surface area contributed by atoms with Gasteiger partial charge in [0.15, 0.2) is 0 Å². The van der Waals surface area contributed by atoms with Crippen LogP contribution < -0.4 is 10.1 Å². The predicted molar refractivity (Wildman–Crippen MR) is 99.8 cm³/mol. The van der Waals surface area contributed by atoms with E-state index in [-0.39, 0.29) is 36.6 Å². The number of rotatable bonds is 5. The second-order valence-electron chi connectivity index (χ2n) is 6.21. The molecule has 9 heteroatoms. The van der Waals surface area contributed by atoms with Crippen LogP contribution in [0.1, 0.15) is 30.9 Å². The molecule has 1 aliphatic heterocycles. The van der Waals surface area contributed by atoms with Crippen molar-refractivity contribution in [3.8, 4) is 5.75 Å². The van der Waals surface area contributed by atoms with Crippen molar-refractivity contribution in [2.45, 2.75) is 31.7 Å². The molecular formula is C16H22BrCl2F3N2O. The van der Waals surface area contributed by atoms with Crippen LogP contribution in [0.2, 0.25) is 0 Å². The molecule has 0 aromatic heterocycles. The highest BCUT2D eigenvalue weighted by Crippen LogP contribution is 2.43. The van der Waals surface area contributed by atoms with Gasteiger partial charge in [0, 0.05) is 42.3 Å². The van der Waals surface area contributed by atoms with Crippen molar-refractivity contribution in [3.05, 3.63) is 28.2 Å². The number of nitrogens with zero attached hydrogens (tertiary/aromatic N) is 1. The molecule has 1 saturated carbocycles. The van der Waals surface area contributed by atoms with E-state index in [1.54, 1.807) is 12.1 Å². The lowest BCUT2D eigenvalue weighted by atomic mass is 9.97. The molecule has 0 bridgehead atoms. The van der Waals surface area contributed by atoms with E-state index < -0.39 is 6.36 Å². The first kappa shape index (κ1) is 22.8. The molecule has 1 aliphatic carbocycles. The van der Waals surface area contributed by atoms with E-state index in [2.05, 4.69) is 30.9 Å². The lowest BCUT2D eigenvalue weighted by molar-refractivity contribution is -0.275. The van der Waals surface area contributed by atoms with E-state index in [1.807, 2.05) is 0 Å². The zero-order valence-corrected chi connectivity index (χ0v) is 16.7. The van der Waals surface area contributed by atoms with Crippen molar-refractivity contribution >= 4 is 40.7 Å². The van der Waals surface area contributed by atoms with E-state index in [4.69, 9.17) is 0 Å². The van der Waals surface area contributed by atoms with Gasteiger partial charge in [-0.05, 0) is 30.5 Å². The Labute approximate surface area is 166 Å². The second-order valence-corrected chi connectivity index (χ2v) is 7.13. The van der Waals surface area contributed by atoms with Gasteiger partial charge < -0.3 is 10.1 Å². The fraction of sp³-hybridized carbons (Fsp3) is 0.625. The summed E-state index contributed by atoms with van der Waals surface area (Å²) >= 11 is 3.38. The van der Waals surface area contributed by atoms with Gasteiger partial charge in [0.25, 0.3) is 0 Å². The summed E-state index contributed by atoms with van der Waals surface area (Å²) < 4.78 is 43.3. The highest BCUT2D eigenvalue weighted by atomic mass is 79.9. The lowest BCUT2D eigenvalue weighted by Gasteiger charge is -2.36. The van der Waals surface area contributed by atoms with E-state index in [1.165, 1.54) is 18.9 Å². The molecule has 0 spiro atoms. The molecule has 25 heavy (non-hydrogen) atoms. The molecule has 1 aromatic rings. The van der Waals surface area contributed by atoms with Gasteiger partial charge in [-0.3, -0.25) is 4.90 Å². The highest BCUT2D eigenvalue weighted by Gasteiger charge is 2.36. The second kappa shape index (κ2) is 9.65. The van der Waals surface area contributed by atoms with Crippen LogP contribution in [0.3, 0.4) is 0 Å². The number of ether oxygens (including phenoxy) is 1. The van der Waals surface area contributed by atoms with Crippen molar-refractivity contribution in [2.24, 2.45) is 5.92 Å². The maximum absolute atomic E-state index is 12.7. The first-order valence-electron chi connectivity index (χ1n) is 7.92. The van der Waals surface area contributed by atoms with Crippen molar-refractivity contribution < 1.29 is 17.9 Å². The summed E-state index contributed by atoms with van der Waals surface area (Å²) in [6.45, 7) is 3.42. The molecule has 3 nitrogen and oxygen atoms in total. The van der Waals surface area contributed by atoms with Gasteiger partial charge in [0.05, 0.1) is 0 Å². The number of hydrogen-bond donors (Lipinski definition) is 1.